The van der Waals surface area contributed by atoms with Gasteiger partial charge in [-0.3, -0.25) is 0 Å². The first-order valence-electron chi connectivity index (χ1n) is 7.84. The van der Waals surface area contributed by atoms with Crippen molar-refractivity contribution < 1.29 is 9.47 Å². The number of nitrogens with one attached hydrogen (secondary N) is 1. The molecule has 0 saturated carbocycles. The van der Waals surface area contributed by atoms with Gasteiger partial charge in [0.15, 0.2) is 5.82 Å². The average molecular weight is 350 g/mol. The minimum Gasteiger partial charge on any atom is -0.495 e. The Kier molecular flexibility index (Phi) is 5.20. The van der Waals surface area contributed by atoms with Crippen LogP contribution in [0.1, 0.15) is 19.3 Å². The molecule has 1 aromatic carbocycles. The van der Waals surface area contributed by atoms with Gasteiger partial charge in [-0.1, -0.05) is 11.6 Å². The minimum atomic E-state index is 0.481. The second-order valence-corrected chi connectivity index (χ2v) is 5.91. The van der Waals surface area contributed by atoms with E-state index in [1.807, 2.05) is 0 Å². The summed E-state index contributed by atoms with van der Waals surface area (Å²) in [5.74, 6) is 2.38. The van der Waals surface area contributed by atoms with Gasteiger partial charge < -0.3 is 19.7 Å². The van der Waals surface area contributed by atoms with Crippen molar-refractivity contribution in [2.75, 3.05) is 37.5 Å². The molecule has 7 nitrogen and oxygen atoms in total. The van der Waals surface area contributed by atoms with Crippen molar-refractivity contribution in [3.8, 4) is 11.5 Å². The quantitative estimate of drug-likeness (QED) is 0.887. The summed E-state index contributed by atoms with van der Waals surface area (Å²) in [5.41, 5.74) is 0.698. The first-order valence-corrected chi connectivity index (χ1v) is 8.22. The van der Waals surface area contributed by atoms with Crippen molar-refractivity contribution in [2.24, 2.45) is 0 Å². The number of nitrogens with zero attached hydrogens (tertiary/aromatic N) is 4. The van der Waals surface area contributed by atoms with Crippen LogP contribution in [0.4, 0.5) is 17.5 Å². The van der Waals surface area contributed by atoms with Crippen LogP contribution in [0.2, 0.25) is 5.02 Å². The van der Waals surface area contributed by atoms with E-state index < -0.39 is 0 Å². The molecule has 128 valence electrons. The van der Waals surface area contributed by atoms with Crippen molar-refractivity contribution in [2.45, 2.75) is 19.3 Å². The Bertz CT molecular complexity index is 707. The monoisotopic (exact) mass is 349 g/mol. The summed E-state index contributed by atoms with van der Waals surface area (Å²) >= 11 is 6.13. The number of piperidine rings is 1. The van der Waals surface area contributed by atoms with E-state index in [9.17, 15) is 0 Å². The fourth-order valence-corrected chi connectivity index (χ4v) is 2.91. The highest BCUT2D eigenvalue weighted by molar-refractivity contribution is 6.32. The molecule has 0 atom stereocenters. The van der Waals surface area contributed by atoms with Gasteiger partial charge in [-0.15, -0.1) is 5.10 Å². The smallest absolute Gasteiger partial charge is 0.247 e. The van der Waals surface area contributed by atoms with Gasteiger partial charge in [0, 0.05) is 25.2 Å². The van der Waals surface area contributed by atoms with Gasteiger partial charge in [-0.25, -0.2) is 0 Å². The molecule has 2 aromatic rings. The normalized spacial score (nSPS) is 14.4. The zero-order valence-corrected chi connectivity index (χ0v) is 14.5. The third-order valence-corrected chi connectivity index (χ3v) is 4.22. The highest BCUT2D eigenvalue weighted by atomic mass is 35.5. The second kappa shape index (κ2) is 7.53. The van der Waals surface area contributed by atoms with E-state index in [2.05, 4.69) is 25.4 Å². The van der Waals surface area contributed by atoms with Gasteiger partial charge >= 0.3 is 0 Å². The first-order chi connectivity index (χ1) is 11.7. The Morgan fingerprint density at radius 1 is 1.08 bits per heavy atom. The molecule has 8 heteroatoms. The van der Waals surface area contributed by atoms with E-state index in [0.717, 1.165) is 25.9 Å². The van der Waals surface area contributed by atoms with Gasteiger partial charge in [0.25, 0.3) is 0 Å². The molecule has 1 aliphatic heterocycles. The predicted molar refractivity (Wildman–Crippen MR) is 93.7 cm³/mol. The SMILES string of the molecule is COc1cc(Nc2cnnc(N3CCCCC3)n2)c(OC)cc1Cl. The molecule has 2 heterocycles. The number of rotatable bonds is 5. The van der Waals surface area contributed by atoms with Crippen LogP contribution in [0, 0.1) is 0 Å². The lowest BCUT2D eigenvalue weighted by atomic mass is 10.1. The van der Waals surface area contributed by atoms with Crippen LogP contribution in [0.15, 0.2) is 18.3 Å². The molecular weight excluding hydrogens is 330 g/mol. The van der Waals surface area contributed by atoms with Crippen LogP contribution in [-0.4, -0.2) is 42.5 Å². The Balaban J connectivity index is 1.85. The van der Waals surface area contributed by atoms with E-state index >= 15 is 0 Å². The largest absolute Gasteiger partial charge is 0.495 e. The molecule has 0 bridgehead atoms. The van der Waals surface area contributed by atoms with Crippen LogP contribution in [0.25, 0.3) is 0 Å². The maximum absolute atomic E-state index is 6.13. The minimum absolute atomic E-state index is 0.481. The van der Waals surface area contributed by atoms with Crippen LogP contribution < -0.4 is 19.7 Å². The topological polar surface area (TPSA) is 72.4 Å². The number of halogens is 1. The number of methoxy groups -OCH3 is 2. The Hall–Kier alpha value is -2.28. The van der Waals surface area contributed by atoms with Crippen molar-refractivity contribution in [3.05, 3.63) is 23.4 Å². The maximum Gasteiger partial charge on any atom is 0.247 e. The lowest BCUT2D eigenvalue weighted by Gasteiger charge is -2.26. The van der Waals surface area contributed by atoms with E-state index in [0.29, 0.717) is 34.0 Å². The van der Waals surface area contributed by atoms with Gasteiger partial charge in [-0.2, -0.15) is 10.1 Å². The molecular formula is C16H20ClN5O2. The lowest BCUT2D eigenvalue weighted by molar-refractivity contribution is 0.405. The first kappa shape index (κ1) is 16.6. The lowest BCUT2D eigenvalue weighted by Crippen LogP contribution is -2.31. The summed E-state index contributed by atoms with van der Waals surface area (Å²) in [5, 5.41) is 11.9. The molecule has 0 amide bonds. The third-order valence-electron chi connectivity index (χ3n) is 3.92. The van der Waals surface area contributed by atoms with E-state index in [4.69, 9.17) is 21.1 Å². The average Bonchev–Trinajstić information content (AvgIpc) is 2.63. The Morgan fingerprint density at radius 3 is 2.54 bits per heavy atom. The molecule has 24 heavy (non-hydrogen) atoms. The number of hydrogen-bond donors (Lipinski definition) is 1. The highest BCUT2D eigenvalue weighted by Gasteiger charge is 2.15. The van der Waals surface area contributed by atoms with Gasteiger partial charge in [0.05, 0.1) is 31.1 Å². The maximum atomic E-state index is 6.13. The zero-order valence-electron chi connectivity index (χ0n) is 13.8. The van der Waals surface area contributed by atoms with E-state index in [1.165, 1.54) is 6.42 Å². The van der Waals surface area contributed by atoms with Gasteiger partial charge in [0.1, 0.15) is 11.5 Å². The third kappa shape index (κ3) is 3.62. The molecule has 1 fully saturated rings. The molecule has 1 aromatic heterocycles. The molecule has 0 spiro atoms. The molecule has 0 radical (unpaired) electrons. The highest BCUT2D eigenvalue weighted by Crippen LogP contribution is 2.37. The summed E-state index contributed by atoms with van der Waals surface area (Å²) in [4.78, 5) is 6.71. The van der Waals surface area contributed by atoms with Crippen molar-refractivity contribution in [1.29, 1.82) is 0 Å². The number of ether oxygens (including phenoxy) is 2. The fourth-order valence-electron chi connectivity index (χ4n) is 2.68. The molecule has 0 unspecified atom stereocenters. The van der Waals surface area contributed by atoms with Crippen LogP contribution in [-0.2, 0) is 0 Å². The van der Waals surface area contributed by atoms with Gasteiger partial charge in [0.2, 0.25) is 5.95 Å². The number of benzene rings is 1. The van der Waals surface area contributed by atoms with Crippen molar-refractivity contribution in [1.82, 2.24) is 15.2 Å². The fraction of sp³-hybridized carbons (Fsp3) is 0.438. The predicted octanol–water partition coefficient (Wildman–Crippen LogP) is 3.28. The number of anilines is 3. The second-order valence-electron chi connectivity index (χ2n) is 5.50. The Morgan fingerprint density at radius 2 is 1.83 bits per heavy atom. The number of hydrogen-bond acceptors (Lipinski definition) is 7. The van der Waals surface area contributed by atoms with Crippen LogP contribution in [0.5, 0.6) is 11.5 Å². The van der Waals surface area contributed by atoms with E-state index in [-0.39, 0.29) is 0 Å². The summed E-state index contributed by atoms with van der Waals surface area (Å²) in [6.45, 7) is 1.92. The molecule has 1 aliphatic rings. The van der Waals surface area contributed by atoms with Crippen molar-refractivity contribution in [3.63, 3.8) is 0 Å². The summed E-state index contributed by atoms with van der Waals surface area (Å²) in [6, 6.07) is 3.47. The molecule has 1 N–H and O–H groups in total. The zero-order chi connectivity index (χ0) is 16.9. The molecule has 3 rings (SSSR count). The van der Waals surface area contributed by atoms with E-state index in [1.54, 1.807) is 32.5 Å². The summed E-state index contributed by atoms with van der Waals surface area (Å²) < 4.78 is 10.6. The Labute approximate surface area is 146 Å². The summed E-state index contributed by atoms with van der Waals surface area (Å²) in [6.07, 6.45) is 5.14. The molecule has 1 saturated heterocycles. The summed E-state index contributed by atoms with van der Waals surface area (Å²) in [7, 11) is 3.15. The molecule has 0 aliphatic carbocycles. The van der Waals surface area contributed by atoms with Crippen molar-refractivity contribution >= 4 is 29.1 Å². The van der Waals surface area contributed by atoms with Gasteiger partial charge in [-0.05, 0) is 19.3 Å². The van der Waals surface area contributed by atoms with Crippen LogP contribution in [0.3, 0.4) is 0 Å². The standard InChI is InChI=1S/C16H20ClN5O2/c1-23-13-9-12(14(24-2)8-11(13)17)19-15-10-18-21-16(20-15)22-6-4-3-5-7-22/h8-10H,3-7H2,1-2H3,(H,19,20,21). The van der Waals surface area contributed by atoms with Crippen LogP contribution >= 0.6 is 11.6 Å². The number of aromatic nitrogens is 3.